The van der Waals surface area contributed by atoms with Gasteiger partial charge in [-0.1, -0.05) is 0 Å². The van der Waals surface area contributed by atoms with Crippen LogP contribution in [-0.4, -0.2) is 115 Å². The standard InChI is InChI=1S/C25H47NO10/c1-21(27)6-8-30-10-12-32-14-16-34-18-19-35-17-15-33-13-11-31-9-7-26-23(20-22(2)28)24(29)36-25(3,4)5/h23,26H,6-20H2,1-5H3. The van der Waals surface area contributed by atoms with Gasteiger partial charge in [-0.2, -0.15) is 0 Å². The van der Waals surface area contributed by atoms with E-state index < -0.39 is 17.6 Å². The van der Waals surface area contributed by atoms with Crippen LogP contribution in [0.15, 0.2) is 0 Å². The first-order valence-corrected chi connectivity index (χ1v) is 12.5. The molecule has 0 amide bonds. The van der Waals surface area contributed by atoms with E-state index in [0.29, 0.717) is 92.2 Å². The molecule has 0 heterocycles. The van der Waals surface area contributed by atoms with Gasteiger partial charge in [0.1, 0.15) is 23.2 Å². The van der Waals surface area contributed by atoms with Crippen molar-refractivity contribution < 1.29 is 47.5 Å². The predicted octanol–water partition coefficient (Wildman–Crippen LogP) is 1.34. The maximum absolute atomic E-state index is 12.2. The van der Waals surface area contributed by atoms with Crippen molar-refractivity contribution in [1.82, 2.24) is 5.32 Å². The molecule has 1 atom stereocenters. The molecule has 1 N–H and O–H groups in total. The molecule has 0 saturated heterocycles. The third-order valence-corrected chi connectivity index (χ3v) is 4.28. The van der Waals surface area contributed by atoms with E-state index in [0.717, 1.165) is 0 Å². The summed E-state index contributed by atoms with van der Waals surface area (Å²) < 4.78 is 37.7. The molecule has 212 valence electrons. The van der Waals surface area contributed by atoms with Gasteiger partial charge in [-0.3, -0.25) is 14.4 Å². The number of ether oxygens (including phenoxy) is 7. The van der Waals surface area contributed by atoms with Crippen LogP contribution in [0.25, 0.3) is 0 Å². The van der Waals surface area contributed by atoms with Gasteiger partial charge < -0.3 is 38.5 Å². The fourth-order valence-corrected chi connectivity index (χ4v) is 2.62. The summed E-state index contributed by atoms with van der Waals surface area (Å²) in [4.78, 5) is 34.4. The molecule has 0 radical (unpaired) electrons. The van der Waals surface area contributed by atoms with E-state index in [1.807, 2.05) is 0 Å². The molecule has 0 aliphatic rings. The Labute approximate surface area is 215 Å². The summed E-state index contributed by atoms with van der Waals surface area (Å²) >= 11 is 0. The van der Waals surface area contributed by atoms with Gasteiger partial charge in [0.05, 0.1) is 79.3 Å². The van der Waals surface area contributed by atoms with Gasteiger partial charge in [0.15, 0.2) is 0 Å². The van der Waals surface area contributed by atoms with Gasteiger partial charge in [-0.15, -0.1) is 0 Å². The maximum Gasteiger partial charge on any atom is 0.324 e. The zero-order valence-electron chi connectivity index (χ0n) is 22.8. The van der Waals surface area contributed by atoms with Crippen molar-refractivity contribution in [3.8, 4) is 0 Å². The average molecular weight is 522 g/mol. The zero-order chi connectivity index (χ0) is 27.1. The number of carbonyl (C=O) groups is 3. The molecular formula is C25H47NO10. The second-order valence-electron chi connectivity index (χ2n) is 9.07. The van der Waals surface area contributed by atoms with E-state index in [1.165, 1.54) is 13.8 Å². The number of esters is 1. The van der Waals surface area contributed by atoms with Crippen LogP contribution in [-0.2, 0) is 47.5 Å². The van der Waals surface area contributed by atoms with E-state index in [9.17, 15) is 14.4 Å². The van der Waals surface area contributed by atoms with Crippen LogP contribution in [0.2, 0.25) is 0 Å². The molecule has 11 nitrogen and oxygen atoms in total. The van der Waals surface area contributed by atoms with E-state index >= 15 is 0 Å². The van der Waals surface area contributed by atoms with Crippen LogP contribution in [0.4, 0.5) is 0 Å². The summed E-state index contributed by atoms with van der Waals surface area (Å²) in [7, 11) is 0. The quantitative estimate of drug-likeness (QED) is 0.138. The molecule has 0 aromatic rings. The number of Topliss-reactive ketones (excluding diaryl/α,β-unsaturated/α-hetero) is 2. The minimum Gasteiger partial charge on any atom is -0.459 e. The van der Waals surface area contributed by atoms with Crippen LogP contribution >= 0.6 is 0 Å². The number of nitrogens with one attached hydrogen (secondary N) is 1. The molecule has 0 aromatic heterocycles. The van der Waals surface area contributed by atoms with Crippen molar-refractivity contribution in [3.05, 3.63) is 0 Å². The van der Waals surface area contributed by atoms with Gasteiger partial charge in [-0.25, -0.2) is 0 Å². The topological polar surface area (TPSA) is 128 Å². The lowest BCUT2D eigenvalue weighted by molar-refractivity contribution is -0.158. The number of hydrogen-bond acceptors (Lipinski definition) is 11. The molecule has 11 heteroatoms. The summed E-state index contributed by atoms with van der Waals surface area (Å²) in [5.41, 5.74) is -0.609. The molecule has 1 unspecified atom stereocenters. The fourth-order valence-electron chi connectivity index (χ4n) is 2.62. The highest BCUT2D eigenvalue weighted by molar-refractivity contribution is 5.85. The van der Waals surface area contributed by atoms with Crippen molar-refractivity contribution in [1.29, 1.82) is 0 Å². The van der Waals surface area contributed by atoms with E-state index in [4.69, 9.17) is 33.2 Å². The van der Waals surface area contributed by atoms with Crippen LogP contribution in [0.3, 0.4) is 0 Å². The van der Waals surface area contributed by atoms with Gasteiger partial charge in [0, 0.05) is 19.4 Å². The van der Waals surface area contributed by atoms with Gasteiger partial charge in [0.2, 0.25) is 0 Å². The summed E-state index contributed by atoms with van der Waals surface area (Å²) in [5.74, 6) is -0.411. The zero-order valence-corrected chi connectivity index (χ0v) is 22.8. The highest BCUT2D eigenvalue weighted by atomic mass is 16.6. The lowest BCUT2D eigenvalue weighted by atomic mass is 10.1. The van der Waals surface area contributed by atoms with E-state index in [-0.39, 0.29) is 18.0 Å². The Morgan fingerprint density at radius 2 is 1.00 bits per heavy atom. The summed E-state index contributed by atoms with van der Waals surface area (Å²) in [6.45, 7) is 14.2. The molecule has 0 aliphatic heterocycles. The van der Waals surface area contributed by atoms with Crippen LogP contribution in [0, 0.1) is 0 Å². The highest BCUT2D eigenvalue weighted by Crippen LogP contribution is 2.10. The summed E-state index contributed by atoms with van der Waals surface area (Å²) in [5, 5.41) is 3.02. The van der Waals surface area contributed by atoms with E-state index in [1.54, 1.807) is 20.8 Å². The number of hydrogen-bond donors (Lipinski definition) is 1. The first kappa shape index (κ1) is 34.5. The van der Waals surface area contributed by atoms with Crippen molar-refractivity contribution in [3.63, 3.8) is 0 Å². The fraction of sp³-hybridized carbons (Fsp3) is 0.880. The molecule has 0 spiro atoms. The second kappa shape index (κ2) is 22.7. The Morgan fingerprint density at radius 3 is 1.36 bits per heavy atom. The minimum absolute atomic E-state index is 0.0797. The van der Waals surface area contributed by atoms with Crippen LogP contribution in [0.1, 0.15) is 47.5 Å². The van der Waals surface area contributed by atoms with Crippen molar-refractivity contribution in [2.24, 2.45) is 0 Å². The predicted molar refractivity (Wildman–Crippen MR) is 133 cm³/mol. The first-order chi connectivity index (χ1) is 17.1. The Hall–Kier alpha value is -1.47. The van der Waals surface area contributed by atoms with Crippen LogP contribution in [0.5, 0.6) is 0 Å². The second-order valence-corrected chi connectivity index (χ2v) is 9.07. The smallest absolute Gasteiger partial charge is 0.324 e. The maximum atomic E-state index is 12.2. The Kier molecular flexibility index (Phi) is 21.8. The lowest BCUT2D eigenvalue weighted by Crippen LogP contribution is -2.43. The molecule has 0 saturated carbocycles. The van der Waals surface area contributed by atoms with E-state index in [2.05, 4.69) is 5.32 Å². The Bertz CT molecular complexity index is 580. The highest BCUT2D eigenvalue weighted by Gasteiger charge is 2.25. The normalized spacial score (nSPS) is 12.5. The van der Waals surface area contributed by atoms with Crippen LogP contribution < -0.4 is 5.32 Å². The summed E-state index contributed by atoms with van der Waals surface area (Å²) in [6.07, 6.45) is 0.513. The van der Waals surface area contributed by atoms with Crippen molar-refractivity contribution >= 4 is 17.5 Å². The lowest BCUT2D eigenvalue weighted by Gasteiger charge is -2.24. The third kappa shape index (κ3) is 25.6. The molecule has 0 fully saturated rings. The third-order valence-electron chi connectivity index (χ3n) is 4.28. The van der Waals surface area contributed by atoms with Gasteiger partial charge in [0.25, 0.3) is 0 Å². The number of rotatable bonds is 25. The Balaban J connectivity index is 3.45. The minimum atomic E-state index is -0.681. The Morgan fingerprint density at radius 1 is 0.611 bits per heavy atom. The molecule has 36 heavy (non-hydrogen) atoms. The van der Waals surface area contributed by atoms with Crippen molar-refractivity contribution in [2.45, 2.75) is 59.1 Å². The number of ketones is 2. The van der Waals surface area contributed by atoms with Crippen molar-refractivity contribution in [2.75, 3.05) is 85.8 Å². The first-order valence-electron chi connectivity index (χ1n) is 12.5. The molecule has 0 aliphatic carbocycles. The molecule has 0 bridgehead atoms. The monoisotopic (exact) mass is 521 g/mol. The SMILES string of the molecule is CC(=O)CCOCCOCCOCCOCCOCCOCCNC(CC(C)=O)C(=O)OC(C)(C)C. The molecular weight excluding hydrogens is 474 g/mol. The van der Waals surface area contributed by atoms with Gasteiger partial charge in [-0.05, 0) is 34.6 Å². The number of carbonyl (C=O) groups excluding carboxylic acids is 3. The summed E-state index contributed by atoms with van der Waals surface area (Å²) in [6, 6.07) is -0.681. The largest absolute Gasteiger partial charge is 0.459 e. The molecule has 0 rings (SSSR count). The van der Waals surface area contributed by atoms with Gasteiger partial charge >= 0.3 is 5.97 Å². The average Bonchev–Trinajstić information content (AvgIpc) is 2.77. The molecule has 0 aromatic carbocycles.